The van der Waals surface area contributed by atoms with Gasteiger partial charge in [-0.2, -0.15) is 0 Å². The molecule has 2 rings (SSSR count). The van der Waals surface area contributed by atoms with Crippen LogP contribution in [0.15, 0.2) is 9.98 Å². The maximum absolute atomic E-state index is 10.0. The van der Waals surface area contributed by atoms with Gasteiger partial charge in [-0.1, -0.05) is 0 Å². The van der Waals surface area contributed by atoms with Crippen molar-refractivity contribution in [1.29, 1.82) is 0 Å². The van der Waals surface area contributed by atoms with Crippen molar-refractivity contribution in [2.75, 3.05) is 13.1 Å². The fourth-order valence-corrected chi connectivity index (χ4v) is 3.10. The number of aromatic nitrogens is 1. The van der Waals surface area contributed by atoms with Crippen molar-refractivity contribution in [3.8, 4) is 0 Å². The first kappa shape index (κ1) is 10.5. The second-order valence-electron chi connectivity index (χ2n) is 3.56. The van der Waals surface area contributed by atoms with Crippen LogP contribution in [-0.4, -0.2) is 23.2 Å². The summed E-state index contributed by atoms with van der Waals surface area (Å²) in [6.07, 6.45) is 1.83. The van der Waals surface area contributed by atoms with E-state index in [-0.39, 0.29) is 0 Å². The highest BCUT2D eigenvalue weighted by Gasteiger charge is 2.24. The molecule has 0 spiro atoms. The van der Waals surface area contributed by atoms with Crippen LogP contribution in [0, 0.1) is 5.92 Å². The van der Waals surface area contributed by atoms with Gasteiger partial charge in [0.15, 0.2) is 0 Å². The van der Waals surface area contributed by atoms with Gasteiger partial charge in [-0.05, 0) is 35.3 Å². The van der Waals surface area contributed by atoms with Crippen molar-refractivity contribution >= 4 is 27.3 Å². The lowest BCUT2D eigenvalue weighted by atomic mass is 9.94. The van der Waals surface area contributed by atoms with Gasteiger partial charge in [0.2, 0.25) is 0 Å². The highest BCUT2D eigenvalue weighted by Crippen LogP contribution is 2.30. The zero-order chi connectivity index (χ0) is 9.97. The Morgan fingerprint density at radius 3 is 3.14 bits per heavy atom. The van der Waals surface area contributed by atoms with E-state index in [9.17, 15) is 5.11 Å². The first-order chi connectivity index (χ1) is 6.77. The van der Waals surface area contributed by atoms with E-state index in [2.05, 4.69) is 26.2 Å². The molecular weight excluding hydrogens is 264 g/mol. The third kappa shape index (κ3) is 2.34. The summed E-state index contributed by atoms with van der Waals surface area (Å²) >= 11 is 4.81. The summed E-state index contributed by atoms with van der Waals surface area (Å²) in [5.74, 6) is 0.321. The van der Waals surface area contributed by atoms with E-state index in [1.165, 1.54) is 11.3 Å². The Morgan fingerprint density at radius 1 is 1.71 bits per heavy atom. The normalized spacial score (nSPS) is 24.9. The first-order valence-corrected chi connectivity index (χ1v) is 6.44. The molecule has 1 aromatic rings. The van der Waals surface area contributed by atoms with Crippen LogP contribution in [0.3, 0.4) is 0 Å². The summed E-state index contributed by atoms with van der Waals surface area (Å²) in [6, 6.07) is 0. The number of hydrogen-bond acceptors (Lipinski definition) is 4. The fraction of sp³-hybridized carbons (Fsp3) is 0.667. The number of nitrogens with zero attached hydrogens (tertiary/aromatic N) is 1. The molecule has 78 valence electrons. The SMILES string of the molecule is OC(c1nc(Br)cs1)C1CCCNC1. The Morgan fingerprint density at radius 2 is 2.57 bits per heavy atom. The number of aliphatic hydroxyl groups excluding tert-OH is 1. The summed E-state index contributed by atoms with van der Waals surface area (Å²) in [5, 5.41) is 16.1. The number of piperidine rings is 1. The number of hydrogen-bond donors (Lipinski definition) is 2. The van der Waals surface area contributed by atoms with Gasteiger partial charge in [-0.15, -0.1) is 11.3 Å². The number of aliphatic hydroxyl groups is 1. The maximum Gasteiger partial charge on any atom is 0.123 e. The molecular formula is C9H13BrN2OS. The zero-order valence-electron chi connectivity index (χ0n) is 7.74. The molecule has 1 saturated heterocycles. The molecule has 0 saturated carbocycles. The van der Waals surface area contributed by atoms with Gasteiger partial charge in [0, 0.05) is 17.8 Å². The molecule has 14 heavy (non-hydrogen) atoms. The van der Waals surface area contributed by atoms with Crippen LogP contribution in [0.4, 0.5) is 0 Å². The molecule has 2 heterocycles. The summed E-state index contributed by atoms with van der Waals surface area (Å²) in [6.45, 7) is 1.98. The van der Waals surface area contributed by atoms with E-state index in [0.717, 1.165) is 35.5 Å². The Labute approximate surface area is 95.7 Å². The van der Waals surface area contributed by atoms with Gasteiger partial charge in [-0.25, -0.2) is 4.98 Å². The smallest absolute Gasteiger partial charge is 0.123 e. The molecule has 3 nitrogen and oxygen atoms in total. The second kappa shape index (κ2) is 4.70. The maximum atomic E-state index is 10.0. The van der Waals surface area contributed by atoms with Crippen LogP contribution in [0.1, 0.15) is 24.0 Å². The van der Waals surface area contributed by atoms with Crippen molar-refractivity contribution < 1.29 is 5.11 Å². The summed E-state index contributed by atoms with van der Waals surface area (Å²) in [7, 11) is 0. The van der Waals surface area contributed by atoms with Gasteiger partial charge >= 0.3 is 0 Å². The third-order valence-corrected chi connectivity index (χ3v) is 4.15. The molecule has 0 radical (unpaired) electrons. The Hall–Kier alpha value is 0.0300. The van der Waals surface area contributed by atoms with Crippen molar-refractivity contribution in [2.24, 2.45) is 5.92 Å². The molecule has 0 aromatic carbocycles. The molecule has 0 bridgehead atoms. The molecule has 0 amide bonds. The van der Waals surface area contributed by atoms with E-state index in [1.807, 2.05) is 5.38 Å². The molecule has 2 atom stereocenters. The zero-order valence-corrected chi connectivity index (χ0v) is 10.1. The van der Waals surface area contributed by atoms with Gasteiger partial charge in [0.05, 0.1) is 0 Å². The molecule has 2 unspecified atom stereocenters. The van der Waals surface area contributed by atoms with Crippen LogP contribution in [0.5, 0.6) is 0 Å². The quantitative estimate of drug-likeness (QED) is 0.868. The van der Waals surface area contributed by atoms with Gasteiger partial charge in [0.1, 0.15) is 15.7 Å². The molecule has 1 aromatic heterocycles. The lowest BCUT2D eigenvalue weighted by molar-refractivity contribution is 0.0918. The van der Waals surface area contributed by atoms with Crippen LogP contribution < -0.4 is 5.32 Å². The van der Waals surface area contributed by atoms with Crippen LogP contribution in [-0.2, 0) is 0 Å². The molecule has 1 fully saturated rings. The molecule has 0 aliphatic carbocycles. The van der Waals surface area contributed by atoms with Crippen LogP contribution in [0.25, 0.3) is 0 Å². The lowest BCUT2D eigenvalue weighted by Gasteiger charge is -2.25. The third-order valence-electron chi connectivity index (χ3n) is 2.53. The minimum atomic E-state index is -0.404. The number of halogens is 1. The Balaban J connectivity index is 2.03. The molecule has 1 aliphatic heterocycles. The number of nitrogens with one attached hydrogen (secondary N) is 1. The highest BCUT2D eigenvalue weighted by molar-refractivity contribution is 9.10. The predicted octanol–water partition coefficient (Wildman–Crippen LogP) is 1.94. The van der Waals surface area contributed by atoms with E-state index < -0.39 is 6.10 Å². The van der Waals surface area contributed by atoms with Crippen molar-refractivity contribution in [2.45, 2.75) is 18.9 Å². The minimum absolute atomic E-state index is 0.321. The summed E-state index contributed by atoms with van der Waals surface area (Å²) in [5.41, 5.74) is 0. The minimum Gasteiger partial charge on any atom is -0.386 e. The first-order valence-electron chi connectivity index (χ1n) is 4.77. The Bertz CT molecular complexity index is 299. The number of rotatable bonds is 2. The van der Waals surface area contributed by atoms with Gasteiger partial charge in [0.25, 0.3) is 0 Å². The van der Waals surface area contributed by atoms with Crippen LogP contribution in [0.2, 0.25) is 0 Å². The fourth-order valence-electron chi connectivity index (χ4n) is 1.75. The topological polar surface area (TPSA) is 45.2 Å². The molecule has 2 N–H and O–H groups in total. The average molecular weight is 277 g/mol. The van der Waals surface area contributed by atoms with E-state index in [0.29, 0.717) is 5.92 Å². The van der Waals surface area contributed by atoms with Crippen molar-refractivity contribution in [1.82, 2.24) is 10.3 Å². The highest BCUT2D eigenvalue weighted by atomic mass is 79.9. The van der Waals surface area contributed by atoms with Gasteiger partial charge in [-0.3, -0.25) is 0 Å². The van der Waals surface area contributed by atoms with E-state index in [4.69, 9.17) is 0 Å². The van der Waals surface area contributed by atoms with Gasteiger partial charge < -0.3 is 10.4 Å². The molecule has 5 heteroatoms. The predicted molar refractivity (Wildman–Crippen MR) is 60.4 cm³/mol. The van der Waals surface area contributed by atoms with Crippen molar-refractivity contribution in [3.05, 3.63) is 15.0 Å². The monoisotopic (exact) mass is 276 g/mol. The summed E-state index contributed by atoms with van der Waals surface area (Å²) < 4.78 is 0.820. The molecule has 1 aliphatic rings. The van der Waals surface area contributed by atoms with E-state index in [1.54, 1.807) is 0 Å². The average Bonchev–Trinajstić information content (AvgIpc) is 2.65. The summed E-state index contributed by atoms with van der Waals surface area (Å²) in [4.78, 5) is 4.24. The van der Waals surface area contributed by atoms with Crippen molar-refractivity contribution in [3.63, 3.8) is 0 Å². The largest absolute Gasteiger partial charge is 0.386 e. The number of thiazole rings is 1. The second-order valence-corrected chi connectivity index (χ2v) is 5.26. The van der Waals surface area contributed by atoms with E-state index >= 15 is 0 Å². The lowest BCUT2D eigenvalue weighted by Crippen LogP contribution is -2.33. The Kier molecular flexibility index (Phi) is 3.54. The standard InChI is InChI=1S/C9H13BrN2OS/c10-7-5-14-9(12-7)8(13)6-2-1-3-11-4-6/h5-6,8,11,13H,1-4H2. The van der Waals surface area contributed by atoms with Crippen LogP contribution >= 0.6 is 27.3 Å².